The molecule has 0 bridgehead atoms. The second-order valence-electron chi connectivity index (χ2n) is 12.5. The molecule has 38 heavy (non-hydrogen) atoms. The summed E-state index contributed by atoms with van der Waals surface area (Å²) in [6, 6.07) is 0. The van der Waals surface area contributed by atoms with E-state index in [-0.39, 0.29) is 10.1 Å². The Morgan fingerprint density at radius 1 is 0.447 bits per heavy atom. The Morgan fingerprint density at radius 3 is 1.00 bits per heavy atom. The van der Waals surface area contributed by atoms with Gasteiger partial charge >= 0.3 is 0 Å². The Balaban J connectivity index is 4.33. The molecule has 0 fully saturated rings. The van der Waals surface area contributed by atoms with Gasteiger partial charge in [0.05, 0.1) is 0 Å². The molecule has 0 saturated carbocycles. The summed E-state index contributed by atoms with van der Waals surface area (Å²) in [5.41, 5.74) is 0. The van der Waals surface area contributed by atoms with Crippen molar-refractivity contribution in [1.82, 2.24) is 0 Å². The fourth-order valence-electron chi connectivity index (χ4n) is 6.11. The SMILES string of the molecule is CCCCCCCCCCC(C)C(CCCCC(CC(O)=S)C(C)CCCCCCCCCC)CC(O)=S. The number of thiocarbonyl (C=S) groups is 2. The van der Waals surface area contributed by atoms with E-state index in [4.69, 9.17) is 24.4 Å². The van der Waals surface area contributed by atoms with Crippen molar-refractivity contribution < 1.29 is 10.2 Å². The maximum atomic E-state index is 9.86. The smallest absolute Gasteiger partial charge is 0.156 e. The number of hydrogen-bond donors (Lipinski definition) is 2. The number of aliphatic hydroxyl groups is 2. The van der Waals surface area contributed by atoms with Crippen LogP contribution in [0.15, 0.2) is 0 Å². The van der Waals surface area contributed by atoms with Crippen LogP contribution in [0.2, 0.25) is 0 Å². The van der Waals surface area contributed by atoms with Crippen molar-refractivity contribution in [2.24, 2.45) is 23.7 Å². The molecule has 0 rings (SSSR count). The molecule has 4 atom stereocenters. The van der Waals surface area contributed by atoms with Crippen LogP contribution >= 0.6 is 24.4 Å². The molecular weight excluding hydrogens is 505 g/mol. The summed E-state index contributed by atoms with van der Waals surface area (Å²) in [6.45, 7) is 9.28. The van der Waals surface area contributed by atoms with E-state index in [1.54, 1.807) is 0 Å². The van der Waals surface area contributed by atoms with Gasteiger partial charge in [-0.05, 0) is 60.9 Å². The van der Waals surface area contributed by atoms with E-state index >= 15 is 0 Å². The summed E-state index contributed by atoms with van der Waals surface area (Å²) in [6.07, 6.45) is 30.2. The molecule has 226 valence electrons. The Kier molecular flexibility index (Phi) is 26.8. The van der Waals surface area contributed by atoms with Gasteiger partial charge in [0, 0.05) is 12.8 Å². The number of aliphatic hydroxyl groups excluding tert-OH is 2. The highest BCUT2D eigenvalue weighted by atomic mass is 32.1. The van der Waals surface area contributed by atoms with Crippen LogP contribution in [0, 0.1) is 23.7 Å². The first-order valence-corrected chi connectivity index (χ1v) is 17.6. The lowest BCUT2D eigenvalue weighted by Gasteiger charge is -2.25. The number of rotatable bonds is 29. The minimum atomic E-state index is 0.181. The van der Waals surface area contributed by atoms with Gasteiger partial charge in [-0.25, -0.2) is 0 Å². The van der Waals surface area contributed by atoms with Crippen molar-refractivity contribution in [3.63, 3.8) is 0 Å². The Labute approximate surface area is 249 Å². The highest BCUT2D eigenvalue weighted by Crippen LogP contribution is 2.31. The maximum absolute atomic E-state index is 9.86. The monoisotopic (exact) mass is 570 g/mol. The second kappa shape index (κ2) is 27.0. The molecule has 0 radical (unpaired) electrons. The van der Waals surface area contributed by atoms with Crippen LogP contribution in [0.5, 0.6) is 0 Å². The standard InChI is InChI=1S/C34H66O2S2/c1-5-7-9-11-13-15-17-19-23-29(3)31(27-33(35)37)25-21-22-26-32(28-34(36)38)30(4)24-20-18-16-14-12-10-8-6-2/h29-32H,5-28H2,1-4H3,(H,35,37)(H,36,38). The van der Waals surface area contributed by atoms with Gasteiger partial charge in [-0.2, -0.15) is 0 Å². The molecule has 0 heterocycles. The minimum Gasteiger partial charge on any atom is -0.502 e. The van der Waals surface area contributed by atoms with Crippen LogP contribution in [-0.2, 0) is 0 Å². The molecule has 0 aromatic heterocycles. The normalized spacial score (nSPS) is 14.7. The minimum absolute atomic E-state index is 0.181. The molecule has 0 spiro atoms. The molecule has 2 nitrogen and oxygen atoms in total. The summed E-state index contributed by atoms with van der Waals surface area (Å²) in [4.78, 5) is 0. The highest BCUT2D eigenvalue weighted by Gasteiger charge is 2.21. The van der Waals surface area contributed by atoms with Crippen LogP contribution in [0.3, 0.4) is 0 Å². The van der Waals surface area contributed by atoms with Gasteiger partial charge in [-0.3, -0.25) is 0 Å². The predicted octanol–water partition coefficient (Wildman–Crippen LogP) is 12.7. The van der Waals surface area contributed by atoms with Crippen LogP contribution in [0.1, 0.15) is 182 Å². The molecule has 0 amide bonds. The van der Waals surface area contributed by atoms with E-state index in [9.17, 15) is 10.2 Å². The van der Waals surface area contributed by atoms with Gasteiger partial charge in [-0.1, -0.05) is 156 Å². The molecule has 0 aromatic rings. The third-order valence-electron chi connectivity index (χ3n) is 8.91. The first-order valence-electron chi connectivity index (χ1n) is 16.7. The average Bonchev–Trinajstić information content (AvgIpc) is 2.87. The van der Waals surface area contributed by atoms with Crippen LogP contribution in [0.25, 0.3) is 0 Å². The lowest BCUT2D eigenvalue weighted by atomic mass is 9.81. The van der Waals surface area contributed by atoms with Crippen molar-refractivity contribution in [2.45, 2.75) is 182 Å². The number of unbranched alkanes of at least 4 members (excludes halogenated alkanes) is 15. The predicted molar refractivity (Wildman–Crippen MR) is 178 cm³/mol. The zero-order valence-electron chi connectivity index (χ0n) is 26.0. The van der Waals surface area contributed by atoms with Crippen molar-refractivity contribution in [3.05, 3.63) is 0 Å². The zero-order chi connectivity index (χ0) is 28.4. The molecule has 2 N–H and O–H groups in total. The fraction of sp³-hybridized carbons (Fsp3) is 0.941. The van der Waals surface area contributed by atoms with Gasteiger partial charge < -0.3 is 10.2 Å². The van der Waals surface area contributed by atoms with E-state index in [0.717, 1.165) is 12.8 Å². The molecule has 4 unspecified atom stereocenters. The maximum Gasteiger partial charge on any atom is 0.156 e. The Morgan fingerprint density at radius 2 is 0.711 bits per heavy atom. The fourth-order valence-corrected chi connectivity index (χ4v) is 6.54. The summed E-state index contributed by atoms with van der Waals surface area (Å²) in [7, 11) is 0. The van der Waals surface area contributed by atoms with Crippen molar-refractivity contribution in [1.29, 1.82) is 0 Å². The van der Waals surface area contributed by atoms with Crippen molar-refractivity contribution >= 4 is 34.5 Å². The van der Waals surface area contributed by atoms with Crippen LogP contribution in [-0.4, -0.2) is 20.3 Å². The van der Waals surface area contributed by atoms with Crippen molar-refractivity contribution in [3.8, 4) is 0 Å². The summed E-state index contributed by atoms with van der Waals surface area (Å²) in [5, 5.41) is 20.1. The highest BCUT2D eigenvalue weighted by molar-refractivity contribution is 7.80. The molecule has 0 saturated heterocycles. The first-order chi connectivity index (χ1) is 18.3. The summed E-state index contributed by atoms with van der Waals surface area (Å²) < 4.78 is 0. The van der Waals surface area contributed by atoms with Crippen LogP contribution in [0.4, 0.5) is 0 Å². The first kappa shape index (κ1) is 37.8. The zero-order valence-corrected chi connectivity index (χ0v) is 27.6. The van der Waals surface area contributed by atoms with E-state index in [1.807, 2.05) is 0 Å². The van der Waals surface area contributed by atoms with Gasteiger partial charge in [0.2, 0.25) is 0 Å². The third kappa shape index (κ3) is 23.6. The molecule has 4 heteroatoms. The summed E-state index contributed by atoms with van der Waals surface area (Å²) >= 11 is 10.2. The van der Waals surface area contributed by atoms with Gasteiger partial charge in [-0.15, -0.1) is 0 Å². The molecular formula is C34H66O2S2. The summed E-state index contributed by atoms with van der Waals surface area (Å²) in [5.74, 6) is 2.21. The molecule has 0 aromatic carbocycles. The van der Waals surface area contributed by atoms with Crippen molar-refractivity contribution in [2.75, 3.05) is 0 Å². The Hall–Kier alpha value is -0.220. The van der Waals surface area contributed by atoms with E-state index in [0.29, 0.717) is 36.5 Å². The third-order valence-corrected chi connectivity index (χ3v) is 9.24. The van der Waals surface area contributed by atoms with Gasteiger partial charge in [0.25, 0.3) is 0 Å². The lowest BCUT2D eigenvalue weighted by molar-refractivity contribution is 0.275. The number of hydrogen-bond acceptors (Lipinski definition) is 2. The second-order valence-corrected chi connectivity index (χ2v) is 13.4. The molecule has 0 aliphatic heterocycles. The quantitative estimate of drug-likeness (QED) is 0.0693. The van der Waals surface area contributed by atoms with Crippen LogP contribution < -0.4 is 0 Å². The van der Waals surface area contributed by atoms with Gasteiger partial charge in [0.15, 0.2) is 10.1 Å². The molecule has 0 aliphatic carbocycles. The topological polar surface area (TPSA) is 40.5 Å². The molecule has 0 aliphatic rings. The van der Waals surface area contributed by atoms with E-state index in [2.05, 4.69) is 27.7 Å². The van der Waals surface area contributed by atoms with Gasteiger partial charge in [0.1, 0.15) is 0 Å². The van der Waals surface area contributed by atoms with E-state index < -0.39 is 0 Å². The lowest BCUT2D eigenvalue weighted by Crippen LogP contribution is -2.17. The Bertz CT molecular complexity index is 503. The van der Waals surface area contributed by atoms with E-state index in [1.165, 1.54) is 128 Å². The largest absolute Gasteiger partial charge is 0.502 e. The average molecular weight is 571 g/mol.